The van der Waals surface area contributed by atoms with Crippen LogP contribution in [0.15, 0.2) is 0 Å². The smallest absolute Gasteiger partial charge is 0.0172 e. The summed E-state index contributed by atoms with van der Waals surface area (Å²) in [6, 6.07) is 0. The molecule has 0 fully saturated rings. The second kappa shape index (κ2) is 4.97. The summed E-state index contributed by atoms with van der Waals surface area (Å²) >= 11 is 0. The third-order valence-corrected chi connectivity index (χ3v) is 2.47. The Balaban J connectivity index is 0. The van der Waals surface area contributed by atoms with Gasteiger partial charge in [-0.3, -0.25) is 0 Å². The first-order valence-corrected chi connectivity index (χ1v) is 3.85. The van der Waals surface area contributed by atoms with Gasteiger partial charge in [0, 0.05) is 5.54 Å². The molecule has 0 spiro atoms. The van der Waals surface area contributed by atoms with Crippen molar-refractivity contribution in [3.05, 3.63) is 0 Å². The molecular weight excluding hydrogens is 146 g/mol. The van der Waals surface area contributed by atoms with Crippen molar-refractivity contribution in [2.75, 3.05) is 0 Å². The van der Waals surface area contributed by atoms with Crippen LogP contribution in [0.1, 0.15) is 40.5 Å². The zero-order valence-corrected chi connectivity index (χ0v) is 8.29. The molecule has 0 unspecified atom stereocenters. The van der Waals surface area contributed by atoms with Gasteiger partial charge in [-0.1, -0.05) is 27.7 Å². The highest BCUT2D eigenvalue weighted by molar-refractivity contribution is 5.85. The molecular formula is C8H20ClN. The average Bonchev–Trinajstić information content (AvgIpc) is 1.86. The maximum Gasteiger partial charge on any atom is 0.0172 e. The first-order valence-electron chi connectivity index (χ1n) is 3.85. The molecule has 0 rings (SSSR count). The van der Waals surface area contributed by atoms with Crippen LogP contribution in [0.5, 0.6) is 0 Å². The van der Waals surface area contributed by atoms with E-state index in [-0.39, 0.29) is 17.9 Å². The van der Waals surface area contributed by atoms with Crippen LogP contribution in [0.3, 0.4) is 0 Å². The fourth-order valence-electron chi connectivity index (χ4n) is 1.07. The Labute approximate surface area is 70.8 Å². The Morgan fingerprint density at radius 2 is 1.50 bits per heavy atom. The van der Waals surface area contributed by atoms with E-state index in [1.807, 2.05) is 0 Å². The van der Waals surface area contributed by atoms with E-state index in [4.69, 9.17) is 5.73 Å². The molecule has 0 atom stereocenters. The highest BCUT2D eigenvalue weighted by Crippen LogP contribution is 2.20. The summed E-state index contributed by atoms with van der Waals surface area (Å²) in [7, 11) is 0. The molecule has 0 radical (unpaired) electrons. The van der Waals surface area contributed by atoms with Gasteiger partial charge in [0.2, 0.25) is 0 Å². The van der Waals surface area contributed by atoms with Crippen molar-refractivity contribution in [2.45, 2.75) is 46.1 Å². The maximum atomic E-state index is 6.04. The average molecular weight is 166 g/mol. The molecule has 0 aliphatic heterocycles. The lowest BCUT2D eigenvalue weighted by atomic mass is 9.83. The van der Waals surface area contributed by atoms with E-state index in [9.17, 15) is 0 Å². The lowest BCUT2D eigenvalue weighted by molar-refractivity contribution is 0.288. The summed E-state index contributed by atoms with van der Waals surface area (Å²) in [5.74, 6) is 0.604. The summed E-state index contributed by atoms with van der Waals surface area (Å²) in [5.41, 5.74) is 6.12. The van der Waals surface area contributed by atoms with E-state index in [2.05, 4.69) is 27.7 Å². The first kappa shape index (κ1) is 12.9. The van der Waals surface area contributed by atoms with Gasteiger partial charge in [-0.05, 0) is 18.8 Å². The van der Waals surface area contributed by atoms with E-state index >= 15 is 0 Å². The summed E-state index contributed by atoms with van der Waals surface area (Å²) in [6.07, 6.45) is 2.17. The monoisotopic (exact) mass is 165 g/mol. The standard InChI is InChI=1S/C8H19N.ClH/c1-5-8(9,6-2)7(3)4;/h7H,5-6,9H2,1-4H3;1H. The lowest BCUT2D eigenvalue weighted by Gasteiger charge is -2.30. The van der Waals surface area contributed by atoms with Crippen molar-refractivity contribution < 1.29 is 0 Å². The van der Waals surface area contributed by atoms with Crippen molar-refractivity contribution in [3.63, 3.8) is 0 Å². The number of hydrogen-bond acceptors (Lipinski definition) is 1. The molecule has 0 aromatic heterocycles. The summed E-state index contributed by atoms with van der Waals surface area (Å²) < 4.78 is 0. The second-order valence-electron chi connectivity index (χ2n) is 3.09. The molecule has 0 saturated heterocycles. The van der Waals surface area contributed by atoms with Gasteiger partial charge < -0.3 is 5.73 Å². The molecule has 1 nitrogen and oxygen atoms in total. The minimum absolute atomic E-state index is 0. The number of hydrogen-bond donors (Lipinski definition) is 1. The second-order valence-corrected chi connectivity index (χ2v) is 3.09. The molecule has 0 saturated carbocycles. The molecule has 0 heterocycles. The SMILES string of the molecule is CCC(N)(CC)C(C)C.Cl. The minimum Gasteiger partial charge on any atom is -0.325 e. The molecule has 2 N–H and O–H groups in total. The van der Waals surface area contributed by atoms with E-state index in [1.54, 1.807) is 0 Å². The van der Waals surface area contributed by atoms with Crippen molar-refractivity contribution in [1.82, 2.24) is 0 Å². The highest BCUT2D eigenvalue weighted by Gasteiger charge is 2.23. The van der Waals surface area contributed by atoms with E-state index in [1.165, 1.54) is 0 Å². The molecule has 64 valence electrons. The summed E-state index contributed by atoms with van der Waals surface area (Å²) in [6.45, 7) is 8.69. The van der Waals surface area contributed by atoms with Crippen molar-refractivity contribution in [2.24, 2.45) is 11.7 Å². The largest absolute Gasteiger partial charge is 0.325 e. The molecule has 2 heteroatoms. The van der Waals surface area contributed by atoms with Gasteiger partial charge in [0.05, 0.1) is 0 Å². The van der Waals surface area contributed by atoms with Crippen LogP contribution in [0.2, 0.25) is 0 Å². The Bertz CT molecular complexity index is 77.3. The van der Waals surface area contributed by atoms with Crippen molar-refractivity contribution in [1.29, 1.82) is 0 Å². The third kappa shape index (κ3) is 2.89. The van der Waals surface area contributed by atoms with Crippen LogP contribution in [0.4, 0.5) is 0 Å². The zero-order valence-electron chi connectivity index (χ0n) is 7.48. The van der Waals surface area contributed by atoms with Crippen molar-refractivity contribution >= 4 is 12.4 Å². The van der Waals surface area contributed by atoms with E-state index < -0.39 is 0 Å². The van der Waals surface area contributed by atoms with Crippen LogP contribution in [-0.4, -0.2) is 5.54 Å². The van der Waals surface area contributed by atoms with Crippen LogP contribution in [-0.2, 0) is 0 Å². The molecule has 0 aliphatic rings. The van der Waals surface area contributed by atoms with Gasteiger partial charge in [0.25, 0.3) is 0 Å². The quantitative estimate of drug-likeness (QED) is 0.684. The van der Waals surface area contributed by atoms with Crippen LogP contribution >= 0.6 is 12.4 Å². The summed E-state index contributed by atoms with van der Waals surface area (Å²) in [4.78, 5) is 0. The fourth-order valence-corrected chi connectivity index (χ4v) is 1.07. The van der Waals surface area contributed by atoms with Gasteiger partial charge in [-0.2, -0.15) is 0 Å². The lowest BCUT2D eigenvalue weighted by Crippen LogP contribution is -2.43. The minimum atomic E-state index is 0. The number of nitrogens with two attached hydrogens (primary N) is 1. The highest BCUT2D eigenvalue weighted by atomic mass is 35.5. The predicted molar refractivity (Wildman–Crippen MR) is 49.6 cm³/mol. The molecule has 0 amide bonds. The third-order valence-electron chi connectivity index (χ3n) is 2.47. The van der Waals surface area contributed by atoms with Gasteiger partial charge in [-0.25, -0.2) is 0 Å². The van der Waals surface area contributed by atoms with E-state index in [0.717, 1.165) is 12.8 Å². The summed E-state index contributed by atoms with van der Waals surface area (Å²) in [5, 5.41) is 0. The Morgan fingerprint density at radius 1 is 1.20 bits per heavy atom. The van der Waals surface area contributed by atoms with Crippen molar-refractivity contribution in [3.8, 4) is 0 Å². The normalized spacial score (nSPS) is 11.4. The van der Waals surface area contributed by atoms with Crippen LogP contribution < -0.4 is 5.73 Å². The van der Waals surface area contributed by atoms with Gasteiger partial charge in [0.15, 0.2) is 0 Å². The molecule has 0 aromatic rings. The Kier molecular flexibility index (Phi) is 6.41. The van der Waals surface area contributed by atoms with Gasteiger partial charge in [-0.15, -0.1) is 12.4 Å². The van der Waals surface area contributed by atoms with E-state index in [0.29, 0.717) is 5.92 Å². The Hall–Kier alpha value is 0.250. The fraction of sp³-hybridized carbons (Fsp3) is 1.00. The topological polar surface area (TPSA) is 26.0 Å². The maximum absolute atomic E-state index is 6.04. The molecule has 0 bridgehead atoms. The first-order chi connectivity index (χ1) is 4.06. The number of rotatable bonds is 3. The molecule has 0 aromatic carbocycles. The van der Waals surface area contributed by atoms with Gasteiger partial charge >= 0.3 is 0 Å². The van der Waals surface area contributed by atoms with Gasteiger partial charge in [0.1, 0.15) is 0 Å². The number of halogens is 1. The predicted octanol–water partition coefficient (Wildman–Crippen LogP) is 2.58. The molecule has 10 heavy (non-hydrogen) atoms. The van der Waals surface area contributed by atoms with Crippen LogP contribution in [0.25, 0.3) is 0 Å². The Morgan fingerprint density at radius 3 is 1.50 bits per heavy atom. The zero-order chi connectivity index (χ0) is 7.49. The molecule has 0 aliphatic carbocycles. The van der Waals surface area contributed by atoms with Crippen LogP contribution in [0, 0.1) is 5.92 Å².